The van der Waals surface area contributed by atoms with Crippen molar-refractivity contribution in [3.63, 3.8) is 0 Å². The van der Waals surface area contributed by atoms with Crippen molar-refractivity contribution in [2.75, 3.05) is 0 Å². The van der Waals surface area contributed by atoms with Crippen molar-refractivity contribution in [3.05, 3.63) is 94.6 Å². The van der Waals surface area contributed by atoms with E-state index < -0.39 is 23.5 Å². The van der Waals surface area contributed by atoms with Gasteiger partial charge in [-0.25, -0.2) is 4.39 Å². The Kier molecular flexibility index (Phi) is 4.97. The van der Waals surface area contributed by atoms with E-state index in [1.165, 1.54) is 12.1 Å². The Morgan fingerprint density at radius 2 is 1.76 bits per heavy atom. The molecule has 0 spiro atoms. The normalized spacial score (nSPS) is 12.0. The molecule has 5 aromatic rings. The number of aromatic nitrogens is 1. The van der Waals surface area contributed by atoms with Gasteiger partial charge in [-0.1, -0.05) is 36.4 Å². The molecule has 0 aliphatic heterocycles. The number of benzene rings is 3. The maximum atomic E-state index is 14.9. The minimum Gasteiger partial charge on any atom is -0.366 e. The van der Waals surface area contributed by atoms with E-state index in [1.807, 2.05) is 35.7 Å². The molecule has 0 atom stereocenters. The second kappa shape index (κ2) is 7.74. The number of amides is 1. The Labute approximate surface area is 189 Å². The van der Waals surface area contributed by atoms with Crippen molar-refractivity contribution in [1.29, 1.82) is 0 Å². The fraction of sp³-hybridized carbons (Fsp3) is 0.0800. The van der Waals surface area contributed by atoms with Gasteiger partial charge >= 0.3 is 6.18 Å². The third-order valence-corrected chi connectivity index (χ3v) is 6.59. The van der Waals surface area contributed by atoms with Crippen LogP contribution in [0.3, 0.4) is 0 Å². The third-order valence-electron chi connectivity index (χ3n) is 5.67. The van der Waals surface area contributed by atoms with Gasteiger partial charge in [0, 0.05) is 26.8 Å². The smallest absolute Gasteiger partial charge is 0.366 e. The van der Waals surface area contributed by atoms with Crippen LogP contribution in [0.2, 0.25) is 0 Å². The number of hydrogen-bond acceptors (Lipinski definition) is 2. The largest absolute Gasteiger partial charge is 0.419 e. The van der Waals surface area contributed by atoms with Crippen molar-refractivity contribution in [1.82, 2.24) is 4.57 Å². The molecule has 5 rings (SSSR count). The molecule has 0 radical (unpaired) electrons. The average Bonchev–Trinajstić information content (AvgIpc) is 3.41. The standard InChI is InChI=1S/C25H16F4N2OS/c26-23-15(4-1-6-18(23)25(27,28)29)13-31-19-7-2-5-17(24(30)32)22(19)16-10-9-14(12-20(16)31)21-8-3-11-33-21/h1-12H,13H2,(H2,30,32). The van der Waals surface area contributed by atoms with Crippen LogP contribution in [0.5, 0.6) is 0 Å². The van der Waals surface area contributed by atoms with E-state index in [4.69, 9.17) is 5.73 Å². The average molecular weight is 468 g/mol. The van der Waals surface area contributed by atoms with Gasteiger partial charge < -0.3 is 10.3 Å². The number of nitrogens with zero attached hydrogens (tertiary/aromatic N) is 1. The first kappa shape index (κ1) is 21.2. The number of thiophene rings is 1. The summed E-state index contributed by atoms with van der Waals surface area (Å²) in [5.41, 5.74) is 6.65. The van der Waals surface area contributed by atoms with Gasteiger partial charge in [0.15, 0.2) is 0 Å². The minimum atomic E-state index is -4.80. The zero-order valence-electron chi connectivity index (χ0n) is 17.0. The molecule has 1 amide bonds. The molecule has 0 fully saturated rings. The van der Waals surface area contributed by atoms with Crippen LogP contribution < -0.4 is 5.73 Å². The van der Waals surface area contributed by atoms with E-state index in [-0.39, 0.29) is 12.1 Å². The Morgan fingerprint density at radius 1 is 0.970 bits per heavy atom. The summed E-state index contributed by atoms with van der Waals surface area (Å²) < 4.78 is 56.4. The van der Waals surface area contributed by atoms with Gasteiger partial charge in [-0.05, 0) is 41.3 Å². The SMILES string of the molecule is NC(=O)c1cccc2c1c1ccc(-c3cccs3)cc1n2Cc1cccc(C(F)(F)F)c1F. The van der Waals surface area contributed by atoms with E-state index in [0.717, 1.165) is 16.5 Å². The lowest BCUT2D eigenvalue weighted by molar-refractivity contribution is -0.140. The van der Waals surface area contributed by atoms with Gasteiger partial charge in [-0.2, -0.15) is 13.2 Å². The van der Waals surface area contributed by atoms with Crippen molar-refractivity contribution < 1.29 is 22.4 Å². The summed E-state index contributed by atoms with van der Waals surface area (Å²) >= 11 is 1.55. The molecule has 0 bridgehead atoms. The molecule has 2 N–H and O–H groups in total. The van der Waals surface area contributed by atoms with Crippen LogP contribution in [-0.4, -0.2) is 10.5 Å². The van der Waals surface area contributed by atoms with Crippen LogP contribution >= 0.6 is 11.3 Å². The van der Waals surface area contributed by atoms with Crippen molar-refractivity contribution in [2.24, 2.45) is 5.73 Å². The van der Waals surface area contributed by atoms with Crippen LogP contribution in [0.4, 0.5) is 17.6 Å². The lowest BCUT2D eigenvalue weighted by Gasteiger charge is -2.13. The molecule has 2 aromatic heterocycles. The second-order valence-corrected chi connectivity index (χ2v) is 8.58. The van der Waals surface area contributed by atoms with E-state index in [1.54, 1.807) is 34.1 Å². The third kappa shape index (κ3) is 3.56. The van der Waals surface area contributed by atoms with Crippen molar-refractivity contribution >= 4 is 39.0 Å². The van der Waals surface area contributed by atoms with Crippen LogP contribution in [0.1, 0.15) is 21.5 Å². The Hall–Kier alpha value is -3.65. The summed E-state index contributed by atoms with van der Waals surface area (Å²) in [6.45, 7) is -0.147. The van der Waals surface area contributed by atoms with Crippen molar-refractivity contribution in [3.8, 4) is 10.4 Å². The highest BCUT2D eigenvalue weighted by molar-refractivity contribution is 7.13. The zero-order valence-corrected chi connectivity index (χ0v) is 17.8. The van der Waals surface area contributed by atoms with Gasteiger partial charge in [0.2, 0.25) is 5.91 Å². The highest BCUT2D eigenvalue weighted by Crippen LogP contribution is 2.37. The van der Waals surface area contributed by atoms with Crippen LogP contribution in [0, 0.1) is 5.82 Å². The van der Waals surface area contributed by atoms with Gasteiger partial charge in [0.05, 0.1) is 23.1 Å². The van der Waals surface area contributed by atoms with Crippen LogP contribution in [-0.2, 0) is 12.7 Å². The summed E-state index contributed by atoms with van der Waals surface area (Å²) in [6, 6.07) is 17.8. The predicted octanol–water partition coefficient (Wildman–Crippen LogP) is 6.83. The second-order valence-electron chi connectivity index (χ2n) is 7.64. The molecule has 0 saturated heterocycles. The van der Waals surface area contributed by atoms with Gasteiger partial charge in [-0.3, -0.25) is 4.79 Å². The molecular formula is C25H16F4N2OS. The Morgan fingerprint density at radius 3 is 2.45 bits per heavy atom. The number of halogens is 4. The first-order chi connectivity index (χ1) is 15.8. The first-order valence-corrected chi connectivity index (χ1v) is 10.9. The molecule has 8 heteroatoms. The van der Waals surface area contributed by atoms with Crippen LogP contribution in [0.15, 0.2) is 72.1 Å². The Balaban J connectivity index is 1.79. The van der Waals surface area contributed by atoms with Crippen LogP contribution in [0.25, 0.3) is 32.2 Å². The maximum Gasteiger partial charge on any atom is 0.419 e. The number of carbonyl (C=O) groups excluding carboxylic acids is 1. The number of primary amides is 1. The van der Waals surface area contributed by atoms with Gasteiger partial charge in [0.25, 0.3) is 0 Å². The number of hydrogen-bond donors (Lipinski definition) is 1. The molecule has 0 aliphatic rings. The van der Waals surface area contributed by atoms with Crippen molar-refractivity contribution in [2.45, 2.75) is 12.7 Å². The highest BCUT2D eigenvalue weighted by Gasteiger charge is 2.35. The van der Waals surface area contributed by atoms with Gasteiger partial charge in [-0.15, -0.1) is 11.3 Å². The highest BCUT2D eigenvalue weighted by atomic mass is 32.1. The quantitative estimate of drug-likeness (QED) is 0.289. The molecule has 3 nitrogen and oxygen atoms in total. The number of rotatable bonds is 4. The van der Waals surface area contributed by atoms with E-state index in [2.05, 4.69) is 0 Å². The van der Waals surface area contributed by atoms with Gasteiger partial charge in [0.1, 0.15) is 5.82 Å². The minimum absolute atomic E-state index is 0.102. The summed E-state index contributed by atoms with van der Waals surface area (Å²) in [4.78, 5) is 13.1. The molecule has 3 aromatic carbocycles. The number of nitrogens with two attached hydrogens (primary N) is 1. The number of carbonyl (C=O) groups is 1. The zero-order chi connectivity index (χ0) is 23.3. The topological polar surface area (TPSA) is 48.0 Å². The first-order valence-electron chi connectivity index (χ1n) is 9.99. The molecule has 166 valence electrons. The molecule has 2 heterocycles. The fourth-order valence-electron chi connectivity index (χ4n) is 4.21. The maximum absolute atomic E-state index is 14.9. The molecule has 0 aliphatic carbocycles. The lowest BCUT2D eigenvalue weighted by Crippen LogP contribution is -2.12. The van der Waals surface area contributed by atoms with E-state index in [9.17, 15) is 22.4 Å². The molecular weight excluding hydrogens is 452 g/mol. The summed E-state index contributed by atoms with van der Waals surface area (Å²) in [5, 5.41) is 3.25. The summed E-state index contributed by atoms with van der Waals surface area (Å²) in [7, 11) is 0. The van der Waals surface area contributed by atoms with E-state index in [0.29, 0.717) is 27.4 Å². The number of alkyl halides is 3. The molecule has 33 heavy (non-hydrogen) atoms. The lowest BCUT2D eigenvalue weighted by atomic mass is 10.0. The fourth-order valence-corrected chi connectivity index (χ4v) is 4.93. The molecule has 0 unspecified atom stereocenters. The summed E-state index contributed by atoms with van der Waals surface area (Å²) in [5.74, 6) is -1.92. The Bertz CT molecular complexity index is 1520. The summed E-state index contributed by atoms with van der Waals surface area (Å²) in [6.07, 6.45) is -4.80. The predicted molar refractivity (Wildman–Crippen MR) is 122 cm³/mol. The van der Waals surface area contributed by atoms with E-state index >= 15 is 0 Å². The number of fused-ring (bicyclic) bond motifs is 3. The molecule has 0 saturated carbocycles. The monoisotopic (exact) mass is 468 g/mol.